The van der Waals surface area contributed by atoms with Crippen molar-refractivity contribution in [3.05, 3.63) is 15.9 Å². The minimum absolute atomic E-state index is 0.899. The van der Waals surface area contributed by atoms with E-state index < -0.39 is 0 Å². The third-order valence-electron chi connectivity index (χ3n) is 3.00. The van der Waals surface area contributed by atoms with E-state index in [4.69, 9.17) is 0 Å². The number of hydrogen-bond acceptors (Lipinski definition) is 2. The summed E-state index contributed by atoms with van der Waals surface area (Å²) < 4.78 is 3.14. The van der Waals surface area contributed by atoms with Crippen molar-refractivity contribution in [1.29, 1.82) is 0 Å². The Balaban J connectivity index is 2.34. The molecule has 0 fully saturated rings. The normalized spacial score (nSPS) is 11.1. The maximum Gasteiger partial charge on any atom is 0.0767 e. The lowest BCUT2D eigenvalue weighted by atomic mass is 10.2. The summed E-state index contributed by atoms with van der Waals surface area (Å²) in [5, 5.41) is 7.98. The molecule has 0 unspecified atom stereocenters. The largest absolute Gasteiger partial charge is 0.311 e. The van der Waals surface area contributed by atoms with Crippen molar-refractivity contribution >= 4 is 15.9 Å². The van der Waals surface area contributed by atoms with E-state index in [2.05, 4.69) is 40.2 Å². The van der Waals surface area contributed by atoms with Crippen LogP contribution in [0.25, 0.3) is 0 Å². The maximum atomic E-state index is 4.49. The molecule has 0 aliphatic heterocycles. The first-order valence-corrected chi connectivity index (χ1v) is 7.40. The highest BCUT2D eigenvalue weighted by molar-refractivity contribution is 9.10. The van der Waals surface area contributed by atoms with Gasteiger partial charge in [-0.15, -0.1) is 0 Å². The molecule has 17 heavy (non-hydrogen) atoms. The Hall–Kier alpha value is -0.350. The van der Waals surface area contributed by atoms with E-state index in [0.29, 0.717) is 0 Å². The molecule has 0 radical (unpaired) electrons. The van der Waals surface area contributed by atoms with Crippen LogP contribution < -0.4 is 5.32 Å². The highest BCUT2D eigenvalue weighted by atomic mass is 79.9. The highest BCUT2D eigenvalue weighted by Crippen LogP contribution is 2.21. The van der Waals surface area contributed by atoms with Gasteiger partial charge >= 0.3 is 0 Å². The van der Waals surface area contributed by atoms with Gasteiger partial charge in [0.1, 0.15) is 0 Å². The summed E-state index contributed by atoms with van der Waals surface area (Å²) in [7, 11) is 2.01. The van der Waals surface area contributed by atoms with Crippen molar-refractivity contribution in [3.8, 4) is 0 Å². The van der Waals surface area contributed by atoms with Crippen molar-refractivity contribution in [2.75, 3.05) is 6.54 Å². The van der Waals surface area contributed by atoms with Crippen LogP contribution in [0.15, 0.2) is 4.47 Å². The third-order valence-corrected chi connectivity index (χ3v) is 3.92. The fourth-order valence-corrected chi connectivity index (χ4v) is 2.65. The van der Waals surface area contributed by atoms with Crippen molar-refractivity contribution < 1.29 is 0 Å². The minimum atomic E-state index is 0.899. The van der Waals surface area contributed by atoms with E-state index >= 15 is 0 Å². The van der Waals surface area contributed by atoms with Gasteiger partial charge in [0.25, 0.3) is 0 Å². The van der Waals surface area contributed by atoms with Crippen LogP contribution in [-0.2, 0) is 20.0 Å². The van der Waals surface area contributed by atoms with Crippen LogP contribution in [0, 0.1) is 0 Å². The lowest BCUT2D eigenvalue weighted by molar-refractivity contribution is 0.575. The molecule has 0 aliphatic rings. The van der Waals surface area contributed by atoms with E-state index in [9.17, 15) is 0 Å². The van der Waals surface area contributed by atoms with Crippen LogP contribution in [-0.4, -0.2) is 16.3 Å². The lowest BCUT2D eigenvalue weighted by Crippen LogP contribution is -2.17. The molecule has 0 aromatic carbocycles. The summed E-state index contributed by atoms with van der Waals surface area (Å²) >= 11 is 3.63. The van der Waals surface area contributed by atoms with E-state index in [-0.39, 0.29) is 0 Å². The maximum absolute atomic E-state index is 4.49. The molecule has 1 heterocycles. The molecule has 0 saturated carbocycles. The first-order valence-electron chi connectivity index (χ1n) is 6.61. The van der Waals surface area contributed by atoms with Gasteiger partial charge in [-0.1, -0.05) is 33.1 Å². The quantitative estimate of drug-likeness (QED) is 0.746. The van der Waals surface area contributed by atoms with E-state index in [0.717, 1.165) is 25.2 Å². The van der Waals surface area contributed by atoms with Gasteiger partial charge in [0.2, 0.25) is 0 Å². The fraction of sp³-hybridized carbons (Fsp3) is 0.769. The zero-order valence-corrected chi connectivity index (χ0v) is 12.8. The molecule has 1 aromatic rings. The zero-order chi connectivity index (χ0) is 12.7. The van der Waals surface area contributed by atoms with Gasteiger partial charge in [0.15, 0.2) is 0 Å². The Morgan fingerprint density at radius 1 is 1.24 bits per heavy atom. The van der Waals surface area contributed by atoms with Crippen molar-refractivity contribution in [2.45, 2.75) is 52.5 Å². The monoisotopic (exact) mass is 301 g/mol. The molecular weight excluding hydrogens is 278 g/mol. The molecule has 0 spiro atoms. The van der Waals surface area contributed by atoms with Crippen molar-refractivity contribution in [2.24, 2.45) is 7.05 Å². The second-order valence-corrected chi connectivity index (χ2v) is 5.21. The fourth-order valence-electron chi connectivity index (χ4n) is 1.90. The summed E-state index contributed by atoms with van der Waals surface area (Å²) in [4.78, 5) is 0. The number of unbranched alkanes of at least 4 members (excludes halogenated alkanes) is 3. The Kier molecular flexibility index (Phi) is 6.82. The highest BCUT2D eigenvalue weighted by Gasteiger charge is 2.11. The molecule has 0 bridgehead atoms. The number of aryl methyl sites for hydroxylation is 2. The molecule has 0 saturated heterocycles. The number of halogens is 1. The molecule has 0 atom stereocenters. The van der Waals surface area contributed by atoms with Crippen LogP contribution in [0.1, 0.15) is 50.9 Å². The summed E-state index contributed by atoms with van der Waals surface area (Å²) in [6, 6.07) is 0. The third kappa shape index (κ3) is 4.43. The first kappa shape index (κ1) is 14.7. The summed E-state index contributed by atoms with van der Waals surface area (Å²) in [6.45, 7) is 6.37. The standard InChI is InChI=1S/C13H24BrN3/c1-4-6-7-8-9-15-10-12-13(14)11(5-2)16-17(12)3/h15H,4-10H2,1-3H3. The van der Waals surface area contributed by atoms with Crippen LogP contribution >= 0.6 is 15.9 Å². The Morgan fingerprint density at radius 3 is 2.59 bits per heavy atom. The summed E-state index contributed by atoms with van der Waals surface area (Å²) in [5.41, 5.74) is 2.40. The van der Waals surface area contributed by atoms with Crippen LogP contribution in [0.5, 0.6) is 0 Å². The molecule has 1 aromatic heterocycles. The van der Waals surface area contributed by atoms with E-state index in [1.807, 2.05) is 11.7 Å². The van der Waals surface area contributed by atoms with Gasteiger partial charge in [-0.25, -0.2) is 0 Å². The second-order valence-electron chi connectivity index (χ2n) is 4.42. The first-order chi connectivity index (χ1) is 8.20. The Labute approximate surface area is 113 Å². The molecule has 3 nitrogen and oxygen atoms in total. The average Bonchev–Trinajstić information content (AvgIpc) is 2.60. The predicted molar refractivity (Wildman–Crippen MR) is 76.1 cm³/mol. The second kappa shape index (κ2) is 7.88. The molecule has 4 heteroatoms. The van der Waals surface area contributed by atoms with Crippen molar-refractivity contribution in [3.63, 3.8) is 0 Å². The van der Waals surface area contributed by atoms with Gasteiger partial charge in [-0.3, -0.25) is 4.68 Å². The number of rotatable bonds is 8. The summed E-state index contributed by atoms with van der Waals surface area (Å²) in [5.74, 6) is 0. The minimum Gasteiger partial charge on any atom is -0.311 e. The van der Waals surface area contributed by atoms with Crippen molar-refractivity contribution in [1.82, 2.24) is 15.1 Å². The average molecular weight is 302 g/mol. The van der Waals surface area contributed by atoms with Gasteiger partial charge in [0.05, 0.1) is 15.9 Å². The summed E-state index contributed by atoms with van der Waals surface area (Å²) in [6.07, 6.45) is 6.22. The topological polar surface area (TPSA) is 29.9 Å². The van der Waals surface area contributed by atoms with E-state index in [1.165, 1.54) is 35.8 Å². The number of hydrogen-bond donors (Lipinski definition) is 1. The molecule has 98 valence electrons. The number of aromatic nitrogens is 2. The zero-order valence-electron chi connectivity index (χ0n) is 11.2. The molecule has 1 N–H and O–H groups in total. The predicted octanol–water partition coefficient (Wildman–Crippen LogP) is 3.41. The SMILES string of the molecule is CCCCCCNCc1c(Br)c(CC)nn1C. The lowest BCUT2D eigenvalue weighted by Gasteiger charge is -2.05. The number of nitrogens with zero attached hydrogens (tertiary/aromatic N) is 2. The van der Waals surface area contributed by atoms with Gasteiger partial charge in [-0.2, -0.15) is 5.10 Å². The van der Waals surface area contributed by atoms with Gasteiger partial charge in [-0.05, 0) is 35.3 Å². The Bertz CT molecular complexity index is 334. The number of nitrogens with one attached hydrogen (secondary N) is 1. The molecule has 0 aliphatic carbocycles. The van der Waals surface area contributed by atoms with Crippen LogP contribution in [0.4, 0.5) is 0 Å². The molecule has 0 amide bonds. The van der Waals surface area contributed by atoms with Gasteiger partial charge in [0, 0.05) is 13.6 Å². The molecular formula is C13H24BrN3. The Morgan fingerprint density at radius 2 is 2.00 bits per heavy atom. The van der Waals surface area contributed by atoms with Gasteiger partial charge < -0.3 is 5.32 Å². The molecule has 1 rings (SSSR count). The van der Waals surface area contributed by atoms with Crippen LogP contribution in [0.3, 0.4) is 0 Å². The smallest absolute Gasteiger partial charge is 0.0767 e. The van der Waals surface area contributed by atoms with E-state index in [1.54, 1.807) is 0 Å². The van der Waals surface area contributed by atoms with Crippen LogP contribution in [0.2, 0.25) is 0 Å².